The summed E-state index contributed by atoms with van der Waals surface area (Å²) in [6, 6.07) is 11.3. The number of benzene rings is 1. The lowest BCUT2D eigenvalue weighted by molar-refractivity contribution is -0.115. The number of nitrogens with one attached hydrogen (secondary N) is 1. The number of anilines is 4. The van der Waals surface area contributed by atoms with Gasteiger partial charge in [0.05, 0.1) is 23.3 Å². The Bertz CT molecular complexity index is 594. The van der Waals surface area contributed by atoms with Gasteiger partial charge in [-0.1, -0.05) is 12.1 Å². The summed E-state index contributed by atoms with van der Waals surface area (Å²) in [5.74, 6) is 0.430. The minimum absolute atomic E-state index is 0.0366. The van der Waals surface area contributed by atoms with Crippen LogP contribution in [0.3, 0.4) is 0 Å². The number of carbonyl (C=O) groups excluding carboxylic acids is 1. The van der Waals surface area contributed by atoms with Crippen molar-refractivity contribution in [3.05, 3.63) is 42.6 Å². The molecule has 0 spiro atoms. The summed E-state index contributed by atoms with van der Waals surface area (Å²) in [6.45, 7) is 0.280. The Balaban J connectivity index is 2.07. The van der Waals surface area contributed by atoms with Crippen molar-refractivity contribution in [1.29, 1.82) is 0 Å². The summed E-state index contributed by atoms with van der Waals surface area (Å²) in [4.78, 5) is 17.7. The molecule has 5 heteroatoms. The minimum Gasteiger partial charge on any atom is -0.384 e. The van der Waals surface area contributed by atoms with Crippen molar-refractivity contribution >= 4 is 28.8 Å². The molecule has 0 fully saturated rings. The van der Waals surface area contributed by atoms with Gasteiger partial charge in [-0.15, -0.1) is 0 Å². The number of fused-ring (bicyclic) bond motifs is 1. The first-order valence-corrected chi connectivity index (χ1v) is 5.62. The third-order valence-corrected chi connectivity index (χ3v) is 2.85. The summed E-state index contributed by atoms with van der Waals surface area (Å²) in [5.41, 5.74) is 8.19. The van der Waals surface area contributed by atoms with E-state index in [4.69, 9.17) is 5.73 Å². The lowest BCUT2D eigenvalue weighted by Gasteiger charge is -2.30. The molecule has 1 amide bonds. The fourth-order valence-electron chi connectivity index (χ4n) is 2.02. The van der Waals surface area contributed by atoms with Gasteiger partial charge >= 0.3 is 0 Å². The zero-order chi connectivity index (χ0) is 12.5. The third kappa shape index (κ3) is 1.75. The van der Waals surface area contributed by atoms with Gasteiger partial charge in [0, 0.05) is 0 Å². The maximum atomic E-state index is 11.7. The largest absolute Gasteiger partial charge is 0.384 e. The number of hydrogen-bond acceptors (Lipinski definition) is 4. The Kier molecular flexibility index (Phi) is 2.37. The molecule has 0 saturated carbocycles. The lowest BCUT2D eigenvalue weighted by atomic mass is 10.2. The first-order valence-electron chi connectivity index (χ1n) is 5.62. The number of nitrogens with two attached hydrogens (primary N) is 1. The molecule has 0 saturated heterocycles. The first-order chi connectivity index (χ1) is 8.74. The minimum atomic E-state index is -0.0366. The van der Waals surface area contributed by atoms with Crippen LogP contribution in [0.1, 0.15) is 0 Å². The van der Waals surface area contributed by atoms with Gasteiger partial charge in [0.15, 0.2) is 0 Å². The van der Waals surface area contributed by atoms with Crippen LogP contribution in [0.15, 0.2) is 42.6 Å². The monoisotopic (exact) mass is 240 g/mol. The number of nitrogens with zero attached hydrogens (tertiary/aromatic N) is 2. The number of rotatable bonds is 1. The van der Waals surface area contributed by atoms with E-state index in [9.17, 15) is 4.79 Å². The fraction of sp³-hybridized carbons (Fsp3) is 0.0769. The molecule has 2 heterocycles. The molecule has 0 atom stereocenters. The van der Waals surface area contributed by atoms with Crippen molar-refractivity contribution in [3.63, 3.8) is 0 Å². The van der Waals surface area contributed by atoms with Gasteiger partial charge in [-0.25, -0.2) is 4.98 Å². The van der Waals surface area contributed by atoms with Gasteiger partial charge in [0.2, 0.25) is 5.91 Å². The molecule has 1 aromatic carbocycles. The van der Waals surface area contributed by atoms with E-state index in [1.807, 2.05) is 35.2 Å². The summed E-state index contributed by atoms with van der Waals surface area (Å²) < 4.78 is 0. The van der Waals surface area contributed by atoms with E-state index in [1.54, 1.807) is 12.3 Å². The van der Waals surface area contributed by atoms with Crippen LogP contribution in [0, 0.1) is 0 Å². The Labute approximate surface area is 104 Å². The molecule has 5 nitrogen and oxygen atoms in total. The average Bonchev–Trinajstić information content (AvgIpc) is 2.38. The van der Waals surface area contributed by atoms with E-state index >= 15 is 0 Å². The van der Waals surface area contributed by atoms with Crippen LogP contribution in [-0.4, -0.2) is 17.4 Å². The summed E-state index contributed by atoms with van der Waals surface area (Å²) in [6.07, 6.45) is 1.67. The third-order valence-electron chi connectivity index (χ3n) is 2.85. The van der Waals surface area contributed by atoms with Crippen molar-refractivity contribution < 1.29 is 4.79 Å². The SMILES string of the molecule is Nc1ccc(N2CC(=O)Nc3ccccc32)cn1. The number of amides is 1. The van der Waals surface area contributed by atoms with Gasteiger partial charge in [-0.05, 0) is 24.3 Å². The Morgan fingerprint density at radius 1 is 1.22 bits per heavy atom. The van der Waals surface area contributed by atoms with Gasteiger partial charge in [-0.2, -0.15) is 0 Å². The standard InChI is InChI=1S/C13H12N4O/c14-12-6-5-9(7-15-12)17-8-13(18)16-10-3-1-2-4-11(10)17/h1-7H,8H2,(H2,14,15)(H,16,18). The Morgan fingerprint density at radius 2 is 2.06 bits per heavy atom. The van der Waals surface area contributed by atoms with E-state index in [-0.39, 0.29) is 12.5 Å². The molecule has 0 unspecified atom stereocenters. The molecule has 0 bridgehead atoms. The molecule has 0 radical (unpaired) electrons. The number of hydrogen-bond donors (Lipinski definition) is 2. The molecule has 3 rings (SSSR count). The summed E-state index contributed by atoms with van der Waals surface area (Å²) in [5, 5.41) is 2.85. The van der Waals surface area contributed by atoms with Crippen LogP contribution in [-0.2, 0) is 4.79 Å². The predicted molar refractivity (Wildman–Crippen MR) is 70.7 cm³/mol. The molecule has 3 N–H and O–H groups in total. The Morgan fingerprint density at radius 3 is 2.83 bits per heavy atom. The summed E-state index contributed by atoms with van der Waals surface area (Å²) >= 11 is 0. The zero-order valence-electron chi connectivity index (χ0n) is 9.63. The van der Waals surface area contributed by atoms with E-state index in [0.29, 0.717) is 5.82 Å². The number of carbonyl (C=O) groups is 1. The van der Waals surface area contributed by atoms with Crippen LogP contribution < -0.4 is 16.0 Å². The van der Waals surface area contributed by atoms with Crippen LogP contribution in [0.5, 0.6) is 0 Å². The molecule has 1 aliphatic rings. The smallest absolute Gasteiger partial charge is 0.244 e. The molecule has 0 aliphatic carbocycles. The van der Waals surface area contributed by atoms with Crippen molar-refractivity contribution in [2.24, 2.45) is 0 Å². The maximum Gasteiger partial charge on any atom is 0.244 e. The lowest BCUT2D eigenvalue weighted by Crippen LogP contribution is -2.35. The summed E-state index contributed by atoms with van der Waals surface area (Å²) in [7, 11) is 0. The normalized spacial score (nSPS) is 14.0. The van der Waals surface area contributed by atoms with E-state index in [2.05, 4.69) is 10.3 Å². The predicted octanol–water partition coefficient (Wildman–Crippen LogP) is 1.75. The highest BCUT2D eigenvalue weighted by Crippen LogP contribution is 2.34. The maximum absolute atomic E-state index is 11.7. The fourth-order valence-corrected chi connectivity index (χ4v) is 2.02. The van der Waals surface area contributed by atoms with Gasteiger partial charge in [-0.3, -0.25) is 4.79 Å². The second-order valence-corrected chi connectivity index (χ2v) is 4.09. The topological polar surface area (TPSA) is 71.2 Å². The van der Waals surface area contributed by atoms with Crippen LogP contribution in [0.2, 0.25) is 0 Å². The van der Waals surface area contributed by atoms with Crippen LogP contribution >= 0.6 is 0 Å². The number of aromatic nitrogens is 1. The molecule has 2 aromatic rings. The molecule has 90 valence electrons. The first kappa shape index (κ1) is 10.6. The van der Waals surface area contributed by atoms with Gasteiger partial charge in [0.25, 0.3) is 0 Å². The van der Waals surface area contributed by atoms with E-state index < -0.39 is 0 Å². The van der Waals surface area contributed by atoms with Crippen molar-refractivity contribution in [1.82, 2.24) is 4.98 Å². The van der Waals surface area contributed by atoms with Crippen LogP contribution in [0.25, 0.3) is 0 Å². The molecule has 18 heavy (non-hydrogen) atoms. The molecular weight excluding hydrogens is 228 g/mol. The highest BCUT2D eigenvalue weighted by atomic mass is 16.2. The zero-order valence-corrected chi connectivity index (χ0v) is 9.63. The van der Waals surface area contributed by atoms with Gasteiger partial charge < -0.3 is 16.0 Å². The van der Waals surface area contributed by atoms with Crippen molar-refractivity contribution in [3.8, 4) is 0 Å². The number of pyridine rings is 1. The van der Waals surface area contributed by atoms with Crippen LogP contribution in [0.4, 0.5) is 22.9 Å². The van der Waals surface area contributed by atoms with Crippen molar-refractivity contribution in [2.75, 3.05) is 22.5 Å². The average molecular weight is 240 g/mol. The number of para-hydroxylation sites is 2. The number of nitrogen functional groups attached to an aromatic ring is 1. The van der Waals surface area contributed by atoms with Crippen molar-refractivity contribution in [2.45, 2.75) is 0 Å². The Hall–Kier alpha value is -2.56. The molecule has 1 aromatic heterocycles. The van der Waals surface area contributed by atoms with Gasteiger partial charge in [0.1, 0.15) is 12.4 Å². The molecular formula is C13H12N4O. The second-order valence-electron chi connectivity index (χ2n) is 4.09. The second kappa shape index (κ2) is 4.03. The highest BCUT2D eigenvalue weighted by Gasteiger charge is 2.22. The quantitative estimate of drug-likeness (QED) is 0.796. The van der Waals surface area contributed by atoms with E-state index in [0.717, 1.165) is 17.1 Å². The van der Waals surface area contributed by atoms with E-state index in [1.165, 1.54) is 0 Å². The molecule has 1 aliphatic heterocycles. The highest BCUT2D eigenvalue weighted by molar-refractivity contribution is 6.03.